The number of carbonyl (C=O) groups is 3. The third-order valence-electron chi connectivity index (χ3n) is 7.01. The quantitative estimate of drug-likeness (QED) is 0.113. The van der Waals surface area contributed by atoms with Gasteiger partial charge >= 0.3 is 17.9 Å². The third kappa shape index (κ3) is 22.7. The van der Waals surface area contributed by atoms with Crippen LogP contribution in [0.3, 0.4) is 0 Å². The van der Waals surface area contributed by atoms with Gasteiger partial charge < -0.3 is 30.1 Å². The molecule has 0 aromatic heterocycles. The molecule has 2 atom stereocenters. The molecule has 1 rings (SSSR count). The summed E-state index contributed by atoms with van der Waals surface area (Å²) < 4.78 is 5.40. The van der Waals surface area contributed by atoms with Crippen molar-refractivity contribution in [1.29, 1.82) is 0 Å². The molecule has 230 valence electrons. The number of piperazine rings is 1. The number of aliphatic hydroxyl groups excluding tert-OH is 2. The van der Waals surface area contributed by atoms with Crippen molar-refractivity contribution in [2.24, 2.45) is 0 Å². The number of likely N-dealkylation sites (N-methyl/N-ethyl adjacent to an activating group) is 1. The molecule has 39 heavy (non-hydrogen) atoms. The van der Waals surface area contributed by atoms with E-state index in [1.165, 1.54) is 96.3 Å². The van der Waals surface area contributed by atoms with Crippen LogP contribution in [-0.4, -0.2) is 107 Å². The Morgan fingerprint density at radius 3 is 1.36 bits per heavy atom. The van der Waals surface area contributed by atoms with Crippen molar-refractivity contribution in [3.8, 4) is 0 Å². The van der Waals surface area contributed by atoms with Gasteiger partial charge in [-0.05, 0) is 13.5 Å². The van der Waals surface area contributed by atoms with Gasteiger partial charge in [0.1, 0.15) is 0 Å². The molecule has 10 nitrogen and oxygen atoms in total. The van der Waals surface area contributed by atoms with Crippen LogP contribution in [0.4, 0.5) is 0 Å². The predicted octanol–water partition coefficient (Wildman–Crippen LogP) is 3.92. The third-order valence-corrected chi connectivity index (χ3v) is 7.01. The molecule has 1 aliphatic rings. The van der Waals surface area contributed by atoms with Crippen LogP contribution < -0.4 is 0 Å². The van der Waals surface area contributed by atoms with Crippen molar-refractivity contribution in [1.82, 2.24) is 9.80 Å². The lowest BCUT2D eigenvalue weighted by Crippen LogP contribution is -2.46. The number of aliphatic carboxylic acids is 2. The largest absolute Gasteiger partial charge is 0.479 e. The van der Waals surface area contributed by atoms with Gasteiger partial charge in [-0.3, -0.25) is 9.69 Å². The highest BCUT2D eigenvalue weighted by molar-refractivity contribution is 5.83. The number of unbranched alkanes of at least 4 members (excludes halogenated alkanes) is 15. The molecule has 1 fully saturated rings. The summed E-state index contributed by atoms with van der Waals surface area (Å²) in [5, 5.41) is 32.5. The smallest absolute Gasteiger partial charge is 0.335 e. The minimum absolute atomic E-state index is 0.0458. The van der Waals surface area contributed by atoms with Gasteiger partial charge in [-0.15, -0.1) is 0 Å². The summed E-state index contributed by atoms with van der Waals surface area (Å²) in [5.41, 5.74) is 0. The molecule has 1 aliphatic heterocycles. The zero-order chi connectivity index (χ0) is 29.3. The Hall–Kier alpha value is -1.75. The van der Waals surface area contributed by atoms with E-state index in [1.54, 1.807) is 0 Å². The maximum absolute atomic E-state index is 11.9. The molecule has 0 radical (unpaired) electrons. The van der Waals surface area contributed by atoms with E-state index < -0.39 is 24.1 Å². The van der Waals surface area contributed by atoms with Crippen LogP contribution in [0.2, 0.25) is 0 Å². The van der Waals surface area contributed by atoms with E-state index in [2.05, 4.69) is 23.8 Å². The molecule has 4 N–H and O–H groups in total. The van der Waals surface area contributed by atoms with Crippen LogP contribution in [0.15, 0.2) is 0 Å². The fraction of sp³-hybridized carbons (Fsp3) is 0.897. The molecule has 0 aromatic carbocycles. The highest BCUT2D eigenvalue weighted by atomic mass is 16.5. The molecular weight excluding hydrogens is 504 g/mol. The van der Waals surface area contributed by atoms with Crippen LogP contribution in [-0.2, 0) is 19.1 Å². The van der Waals surface area contributed by atoms with Crippen molar-refractivity contribution < 1.29 is 39.5 Å². The minimum atomic E-state index is -2.27. The summed E-state index contributed by atoms with van der Waals surface area (Å²) in [7, 11) is 2.13. The lowest BCUT2D eigenvalue weighted by atomic mass is 10.0. The van der Waals surface area contributed by atoms with E-state index in [-0.39, 0.29) is 5.97 Å². The van der Waals surface area contributed by atoms with Gasteiger partial charge in [0.25, 0.3) is 0 Å². The Labute approximate surface area is 235 Å². The zero-order valence-electron chi connectivity index (χ0n) is 24.5. The predicted molar refractivity (Wildman–Crippen MR) is 152 cm³/mol. The number of ether oxygens (including phenoxy) is 1. The first-order valence-electron chi connectivity index (χ1n) is 15.1. The Balaban J connectivity index is 0.00000122. The lowest BCUT2D eigenvalue weighted by Gasteiger charge is -2.31. The second-order valence-corrected chi connectivity index (χ2v) is 10.7. The van der Waals surface area contributed by atoms with Gasteiger partial charge in [0.15, 0.2) is 12.2 Å². The Bertz CT molecular complexity index is 608. The molecule has 0 bridgehead atoms. The van der Waals surface area contributed by atoms with Gasteiger partial charge in [-0.25, -0.2) is 9.59 Å². The van der Waals surface area contributed by atoms with Gasteiger partial charge in [0.2, 0.25) is 0 Å². The van der Waals surface area contributed by atoms with Crippen LogP contribution in [0.1, 0.15) is 110 Å². The number of carboxylic acids is 2. The number of hydrogen-bond donors (Lipinski definition) is 4. The van der Waals surface area contributed by atoms with Crippen molar-refractivity contribution in [2.75, 3.05) is 46.4 Å². The van der Waals surface area contributed by atoms with Gasteiger partial charge in [-0.1, -0.05) is 103 Å². The summed E-state index contributed by atoms with van der Waals surface area (Å²) >= 11 is 0. The fourth-order valence-electron chi connectivity index (χ4n) is 4.34. The van der Waals surface area contributed by atoms with Crippen molar-refractivity contribution in [2.45, 2.75) is 122 Å². The average molecular weight is 561 g/mol. The molecule has 0 unspecified atom stereocenters. The van der Waals surface area contributed by atoms with E-state index in [4.69, 9.17) is 25.2 Å². The molecular formula is C29H56N2O8. The molecule has 1 saturated heterocycles. The topological polar surface area (TPSA) is 148 Å². The molecule has 0 spiro atoms. The number of nitrogens with zero attached hydrogens (tertiary/aromatic N) is 2. The van der Waals surface area contributed by atoms with Crippen LogP contribution in [0.25, 0.3) is 0 Å². The summed E-state index contributed by atoms with van der Waals surface area (Å²) in [4.78, 5) is 35.9. The highest BCUT2D eigenvalue weighted by Gasteiger charge is 2.29. The molecule has 0 saturated carbocycles. The fourth-order valence-corrected chi connectivity index (χ4v) is 4.34. The van der Waals surface area contributed by atoms with E-state index in [0.717, 1.165) is 32.6 Å². The molecule has 1 heterocycles. The van der Waals surface area contributed by atoms with Crippen molar-refractivity contribution >= 4 is 17.9 Å². The number of carboxylic acid groups (broad SMARTS) is 2. The summed E-state index contributed by atoms with van der Waals surface area (Å²) in [6.45, 7) is 7.40. The second-order valence-electron chi connectivity index (χ2n) is 10.7. The molecule has 0 aromatic rings. The monoisotopic (exact) mass is 560 g/mol. The van der Waals surface area contributed by atoms with Gasteiger partial charge in [0.05, 0.1) is 13.2 Å². The van der Waals surface area contributed by atoms with Gasteiger partial charge in [-0.2, -0.15) is 0 Å². The number of esters is 1. The SMILES string of the molecule is CCCCCCCCCCCCCCCCCCOC(=O)CN1CCN(C)CC1.O=C(O)[C@H](O)[C@@H](O)C(=O)O. The normalized spacial score (nSPS) is 15.7. The molecule has 10 heteroatoms. The van der Waals surface area contributed by atoms with E-state index in [9.17, 15) is 14.4 Å². The minimum Gasteiger partial charge on any atom is -0.479 e. The van der Waals surface area contributed by atoms with E-state index in [0.29, 0.717) is 13.2 Å². The summed E-state index contributed by atoms with van der Waals surface area (Å²) in [6, 6.07) is 0. The Morgan fingerprint density at radius 2 is 1.00 bits per heavy atom. The van der Waals surface area contributed by atoms with Gasteiger partial charge in [0, 0.05) is 26.2 Å². The van der Waals surface area contributed by atoms with Crippen molar-refractivity contribution in [3.05, 3.63) is 0 Å². The number of carbonyl (C=O) groups excluding carboxylic acids is 1. The number of rotatable bonds is 22. The standard InChI is InChI=1S/C25H50N2O2.C4H6O6/c1-3-4-5-6-7-8-9-10-11-12-13-14-15-16-17-18-23-29-25(28)24-27-21-19-26(2)20-22-27;5-1(3(7)8)2(6)4(9)10/h3-24H2,1-2H3;1-2,5-6H,(H,7,8)(H,9,10)/t;1-,2-/m.1/s1. The average Bonchev–Trinajstić information content (AvgIpc) is 2.91. The zero-order valence-corrected chi connectivity index (χ0v) is 24.5. The maximum Gasteiger partial charge on any atom is 0.335 e. The van der Waals surface area contributed by atoms with Crippen molar-refractivity contribution in [3.63, 3.8) is 0 Å². The first kappa shape index (κ1) is 37.2. The molecule has 0 aliphatic carbocycles. The first-order valence-corrected chi connectivity index (χ1v) is 15.1. The second kappa shape index (κ2) is 25.2. The number of aliphatic hydroxyl groups is 2. The lowest BCUT2D eigenvalue weighted by molar-refractivity contribution is -0.165. The summed E-state index contributed by atoms with van der Waals surface area (Å²) in [6.07, 6.45) is 17.4. The van der Waals surface area contributed by atoms with E-state index >= 15 is 0 Å². The first-order chi connectivity index (χ1) is 18.7. The molecule has 0 amide bonds. The summed E-state index contributed by atoms with van der Waals surface area (Å²) in [5.74, 6) is -3.58. The van der Waals surface area contributed by atoms with Crippen LogP contribution >= 0.6 is 0 Å². The van der Waals surface area contributed by atoms with Crippen LogP contribution in [0, 0.1) is 0 Å². The number of hydrogen-bond acceptors (Lipinski definition) is 8. The Kier molecular flexibility index (Phi) is 24.1. The maximum atomic E-state index is 11.9. The Morgan fingerprint density at radius 1 is 0.641 bits per heavy atom. The highest BCUT2D eigenvalue weighted by Crippen LogP contribution is 2.13. The van der Waals surface area contributed by atoms with Crippen LogP contribution in [0.5, 0.6) is 0 Å². The van der Waals surface area contributed by atoms with E-state index in [1.807, 2.05) is 0 Å².